The highest BCUT2D eigenvalue weighted by Crippen LogP contribution is 2.23. The lowest BCUT2D eigenvalue weighted by Gasteiger charge is -2.27. The minimum atomic E-state index is -0.142. The third kappa shape index (κ3) is 3.31. The molecule has 2 unspecified atom stereocenters. The van der Waals surface area contributed by atoms with Crippen LogP contribution in [0.4, 0.5) is 4.39 Å². The lowest BCUT2D eigenvalue weighted by atomic mass is 9.87. The molecule has 1 aliphatic rings. The van der Waals surface area contributed by atoms with E-state index >= 15 is 0 Å². The van der Waals surface area contributed by atoms with Crippen LogP contribution in [0, 0.1) is 11.7 Å². The van der Waals surface area contributed by atoms with Crippen LogP contribution >= 0.6 is 0 Å². The van der Waals surface area contributed by atoms with Crippen LogP contribution in [0.3, 0.4) is 0 Å². The van der Waals surface area contributed by atoms with Gasteiger partial charge in [-0.1, -0.05) is 31.9 Å². The Morgan fingerprint density at radius 1 is 1.38 bits per heavy atom. The molecule has 1 saturated carbocycles. The first-order chi connectivity index (χ1) is 7.74. The van der Waals surface area contributed by atoms with Crippen LogP contribution in [0.5, 0.6) is 0 Å². The fourth-order valence-electron chi connectivity index (χ4n) is 2.53. The van der Waals surface area contributed by atoms with Crippen molar-refractivity contribution in [3.05, 3.63) is 35.6 Å². The molecule has 0 aromatic heterocycles. The van der Waals surface area contributed by atoms with Gasteiger partial charge in [0.1, 0.15) is 5.82 Å². The zero-order chi connectivity index (χ0) is 11.4. The van der Waals surface area contributed by atoms with Gasteiger partial charge in [0, 0.05) is 12.6 Å². The molecule has 0 saturated heterocycles. The van der Waals surface area contributed by atoms with Gasteiger partial charge < -0.3 is 5.32 Å². The Balaban J connectivity index is 1.82. The van der Waals surface area contributed by atoms with Crippen molar-refractivity contribution in [2.24, 2.45) is 5.92 Å². The SMILES string of the molecule is CC1CCCC(NCc2cccc(F)c2)C1. The highest BCUT2D eigenvalue weighted by Gasteiger charge is 2.17. The molecule has 1 aliphatic carbocycles. The third-order valence-corrected chi connectivity index (χ3v) is 3.42. The van der Waals surface area contributed by atoms with Gasteiger partial charge in [0.05, 0.1) is 0 Å². The summed E-state index contributed by atoms with van der Waals surface area (Å²) in [4.78, 5) is 0. The molecule has 88 valence electrons. The summed E-state index contributed by atoms with van der Waals surface area (Å²) in [6.45, 7) is 3.10. The zero-order valence-corrected chi connectivity index (χ0v) is 9.88. The predicted octanol–water partition coefficient (Wildman–Crippen LogP) is 3.49. The second-order valence-corrected chi connectivity index (χ2v) is 4.98. The quantitative estimate of drug-likeness (QED) is 0.823. The Hall–Kier alpha value is -0.890. The smallest absolute Gasteiger partial charge is 0.123 e. The summed E-state index contributed by atoms with van der Waals surface area (Å²) in [5.74, 6) is 0.690. The number of hydrogen-bond donors (Lipinski definition) is 1. The van der Waals surface area contributed by atoms with Gasteiger partial charge >= 0.3 is 0 Å². The normalized spacial score (nSPS) is 25.6. The van der Waals surface area contributed by atoms with Crippen molar-refractivity contribution in [1.82, 2.24) is 5.32 Å². The van der Waals surface area contributed by atoms with Crippen LogP contribution in [0.15, 0.2) is 24.3 Å². The molecule has 0 heterocycles. The standard InChI is InChI=1S/C14H20FN/c1-11-4-2-7-14(8-11)16-10-12-5-3-6-13(15)9-12/h3,5-6,9,11,14,16H,2,4,7-8,10H2,1H3. The predicted molar refractivity (Wildman–Crippen MR) is 64.7 cm³/mol. The van der Waals surface area contributed by atoms with Gasteiger partial charge in [-0.2, -0.15) is 0 Å². The molecule has 0 amide bonds. The van der Waals surface area contributed by atoms with E-state index in [1.54, 1.807) is 12.1 Å². The Kier molecular flexibility index (Phi) is 3.94. The molecule has 0 bridgehead atoms. The summed E-state index contributed by atoms with van der Waals surface area (Å²) < 4.78 is 13.0. The Bertz CT molecular complexity index is 337. The fraction of sp³-hybridized carbons (Fsp3) is 0.571. The van der Waals surface area contributed by atoms with Crippen molar-refractivity contribution in [3.8, 4) is 0 Å². The number of benzene rings is 1. The molecule has 1 aromatic carbocycles. The molecule has 2 rings (SSSR count). The number of hydrogen-bond acceptors (Lipinski definition) is 1. The molecule has 0 spiro atoms. The van der Waals surface area contributed by atoms with Crippen molar-refractivity contribution in [2.75, 3.05) is 0 Å². The van der Waals surface area contributed by atoms with Crippen LogP contribution < -0.4 is 5.32 Å². The first-order valence-corrected chi connectivity index (χ1v) is 6.22. The summed E-state index contributed by atoms with van der Waals surface area (Å²) in [6.07, 6.45) is 5.20. The van der Waals surface area contributed by atoms with Crippen LogP contribution in [-0.2, 0) is 6.54 Å². The lowest BCUT2D eigenvalue weighted by molar-refractivity contribution is 0.300. The Morgan fingerprint density at radius 2 is 2.25 bits per heavy atom. The van der Waals surface area contributed by atoms with E-state index in [2.05, 4.69) is 12.2 Å². The topological polar surface area (TPSA) is 12.0 Å². The van der Waals surface area contributed by atoms with Gasteiger partial charge in [-0.15, -0.1) is 0 Å². The second kappa shape index (κ2) is 5.44. The molecular weight excluding hydrogens is 201 g/mol. The van der Waals surface area contributed by atoms with Crippen molar-refractivity contribution in [1.29, 1.82) is 0 Å². The Morgan fingerprint density at radius 3 is 3.00 bits per heavy atom. The maximum absolute atomic E-state index is 13.0. The summed E-state index contributed by atoms with van der Waals surface area (Å²) in [5, 5.41) is 3.53. The number of rotatable bonds is 3. The molecule has 1 aromatic rings. The minimum Gasteiger partial charge on any atom is -0.310 e. The van der Waals surface area contributed by atoms with Gasteiger partial charge in [-0.25, -0.2) is 4.39 Å². The van der Waals surface area contributed by atoms with Gasteiger partial charge in [0.2, 0.25) is 0 Å². The Labute approximate surface area is 97.1 Å². The summed E-state index contributed by atoms with van der Waals surface area (Å²) >= 11 is 0. The van der Waals surface area contributed by atoms with Crippen LogP contribution in [0.25, 0.3) is 0 Å². The van der Waals surface area contributed by atoms with E-state index in [1.807, 2.05) is 6.07 Å². The maximum atomic E-state index is 13.0. The average molecular weight is 221 g/mol. The number of halogens is 1. The molecule has 0 aliphatic heterocycles. The van der Waals surface area contributed by atoms with Crippen LogP contribution in [0.1, 0.15) is 38.2 Å². The average Bonchev–Trinajstić information content (AvgIpc) is 2.27. The first kappa shape index (κ1) is 11.6. The summed E-state index contributed by atoms with van der Waals surface area (Å²) in [6, 6.07) is 7.47. The van der Waals surface area contributed by atoms with Gasteiger partial charge in [-0.05, 0) is 36.5 Å². The largest absolute Gasteiger partial charge is 0.310 e. The van der Waals surface area contributed by atoms with Gasteiger partial charge in [0.25, 0.3) is 0 Å². The molecule has 0 radical (unpaired) electrons. The van der Waals surface area contributed by atoms with Crippen LogP contribution in [0.2, 0.25) is 0 Å². The fourth-order valence-corrected chi connectivity index (χ4v) is 2.53. The monoisotopic (exact) mass is 221 g/mol. The summed E-state index contributed by atoms with van der Waals surface area (Å²) in [5.41, 5.74) is 1.04. The van der Waals surface area contributed by atoms with Crippen LogP contribution in [-0.4, -0.2) is 6.04 Å². The van der Waals surface area contributed by atoms with E-state index in [4.69, 9.17) is 0 Å². The number of nitrogens with one attached hydrogen (secondary N) is 1. The molecule has 1 fully saturated rings. The van der Waals surface area contributed by atoms with E-state index in [1.165, 1.54) is 31.7 Å². The summed E-state index contributed by atoms with van der Waals surface area (Å²) in [7, 11) is 0. The minimum absolute atomic E-state index is 0.142. The van der Waals surface area contributed by atoms with Crippen molar-refractivity contribution < 1.29 is 4.39 Å². The van der Waals surface area contributed by atoms with E-state index in [-0.39, 0.29) is 5.82 Å². The van der Waals surface area contributed by atoms with E-state index in [0.29, 0.717) is 6.04 Å². The van der Waals surface area contributed by atoms with Crippen molar-refractivity contribution in [3.63, 3.8) is 0 Å². The van der Waals surface area contributed by atoms with Crippen molar-refractivity contribution in [2.45, 2.75) is 45.2 Å². The molecule has 2 heteroatoms. The lowest BCUT2D eigenvalue weighted by Crippen LogP contribution is -2.33. The zero-order valence-electron chi connectivity index (χ0n) is 9.88. The first-order valence-electron chi connectivity index (χ1n) is 6.22. The van der Waals surface area contributed by atoms with E-state index < -0.39 is 0 Å². The molecule has 1 nitrogen and oxygen atoms in total. The third-order valence-electron chi connectivity index (χ3n) is 3.42. The molecule has 16 heavy (non-hydrogen) atoms. The van der Waals surface area contributed by atoms with E-state index in [9.17, 15) is 4.39 Å². The maximum Gasteiger partial charge on any atom is 0.123 e. The van der Waals surface area contributed by atoms with Gasteiger partial charge in [0.15, 0.2) is 0 Å². The second-order valence-electron chi connectivity index (χ2n) is 4.98. The highest BCUT2D eigenvalue weighted by atomic mass is 19.1. The molecule has 1 N–H and O–H groups in total. The molecular formula is C14H20FN. The highest BCUT2D eigenvalue weighted by molar-refractivity contribution is 5.16. The van der Waals surface area contributed by atoms with E-state index in [0.717, 1.165) is 18.0 Å². The van der Waals surface area contributed by atoms with Crippen molar-refractivity contribution >= 4 is 0 Å². The molecule has 2 atom stereocenters. The van der Waals surface area contributed by atoms with Gasteiger partial charge in [-0.3, -0.25) is 0 Å².